The van der Waals surface area contributed by atoms with Crippen molar-refractivity contribution in [3.05, 3.63) is 29.8 Å². The molecule has 1 atom stereocenters. The number of nitrogens with two attached hydrogens (primary N) is 1. The zero-order valence-electron chi connectivity index (χ0n) is 9.19. The van der Waals surface area contributed by atoms with Gasteiger partial charge in [0, 0.05) is 5.69 Å². The number of hydrogen-bond donors (Lipinski definition) is 1. The average Bonchev–Trinajstić information content (AvgIpc) is 2.25. The van der Waals surface area contributed by atoms with Crippen molar-refractivity contribution < 1.29 is 9.53 Å². The zero-order chi connectivity index (χ0) is 11.3. The highest BCUT2D eigenvalue weighted by Gasteiger charge is 2.08. The molecule has 0 aliphatic heterocycles. The molecule has 0 fully saturated rings. The van der Waals surface area contributed by atoms with Crippen LogP contribution in [0.15, 0.2) is 24.3 Å². The summed E-state index contributed by atoms with van der Waals surface area (Å²) in [5, 5.41) is 0. The van der Waals surface area contributed by atoms with Crippen molar-refractivity contribution in [1.82, 2.24) is 0 Å². The number of esters is 1. The summed E-state index contributed by atoms with van der Waals surface area (Å²) in [6.45, 7) is 4.58. The number of hydrogen-bond acceptors (Lipinski definition) is 3. The molecule has 3 heteroatoms. The Balaban J connectivity index is 2.54. The van der Waals surface area contributed by atoms with Gasteiger partial charge < -0.3 is 10.5 Å². The molecule has 1 rings (SSSR count). The lowest BCUT2D eigenvalue weighted by molar-refractivity contribution is 0.0447. The third kappa shape index (κ3) is 3.62. The maximum absolute atomic E-state index is 11.5. The number of anilines is 1. The number of rotatable bonds is 4. The second-order valence-corrected chi connectivity index (χ2v) is 3.74. The summed E-state index contributed by atoms with van der Waals surface area (Å²) in [6, 6.07) is 6.81. The van der Waals surface area contributed by atoms with Crippen molar-refractivity contribution >= 4 is 11.7 Å². The Bertz CT molecular complexity index is 336. The van der Waals surface area contributed by atoms with Gasteiger partial charge in [0.1, 0.15) is 0 Å². The van der Waals surface area contributed by atoms with Gasteiger partial charge in [0.2, 0.25) is 0 Å². The summed E-state index contributed by atoms with van der Waals surface area (Å²) < 4.78 is 5.14. The molecule has 0 spiro atoms. The van der Waals surface area contributed by atoms with Gasteiger partial charge in [0.25, 0.3) is 0 Å². The highest BCUT2D eigenvalue weighted by Crippen LogP contribution is 2.09. The van der Waals surface area contributed by atoms with Crippen molar-refractivity contribution in [2.24, 2.45) is 5.92 Å². The van der Waals surface area contributed by atoms with Crippen molar-refractivity contribution in [3.8, 4) is 0 Å². The van der Waals surface area contributed by atoms with Crippen LogP contribution in [-0.4, -0.2) is 12.6 Å². The quantitative estimate of drug-likeness (QED) is 0.609. The van der Waals surface area contributed by atoms with Crippen LogP contribution >= 0.6 is 0 Å². The number of ether oxygens (including phenoxy) is 1. The molecule has 0 saturated carbocycles. The van der Waals surface area contributed by atoms with E-state index in [0.29, 0.717) is 23.8 Å². The number of carbonyl (C=O) groups is 1. The van der Waals surface area contributed by atoms with Crippen LogP contribution in [0.25, 0.3) is 0 Å². The van der Waals surface area contributed by atoms with Gasteiger partial charge in [-0.25, -0.2) is 4.79 Å². The molecule has 0 aliphatic rings. The number of carbonyl (C=O) groups excluding carboxylic acids is 1. The fraction of sp³-hybridized carbons (Fsp3) is 0.417. The molecule has 2 N–H and O–H groups in total. The predicted octanol–water partition coefficient (Wildman–Crippen LogP) is 2.47. The second-order valence-electron chi connectivity index (χ2n) is 3.74. The molecule has 1 aromatic carbocycles. The fourth-order valence-corrected chi connectivity index (χ4v) is 1.08. The minimum atomic E-state index is -0.303. The zero-order valence-corrected chi connectivity index (χ0v) is 9.19. The van der Waals surface area contributed by atoms with E-state index in [9.17, 15) is 4.79 Å². The summed E-state index contributed by atoms with van der Waals surface area (Å²) in [4.78, 5) is 11.5. The Kier molecular flexibility index (Phi) is 4.16. The van der Waals surface area contributed by atoms with E-state index in [2.05, 4.69) is 6.92 Å². The number of nitrogen functional groups attached to an aromatic ring is 1. The molecule has 3 nitrogen and oxygen atoms in total. The van der Waals surface area contributed by atoms with E-state index in [0.717, 1.165) is 6.42 Å². The molecule has 82 valence electrons. The SMILES string of the molecule is CCC(C)COC(=O)c1cccc(N)c1. The highest BCUT2D eigenvalue weighted by molar-refractivity contribution is 5.90. The van der Waals surface area contributed by atoms with Crippen LogP contribution < -0.4 is 5.73 Å². The van der Waals surface area contributed by atoms with Crippen molar-refractivity contribution in [2.45, 2.75) is 20.3 Å². The van der Waals surface area contributed by atoms with E-state index in [4.69, 9.17) is 10.5 Å². The Morgan fingerprint density at radius 1 is 1.53 bits per heavy atom. The summed E-state index contributed by atoms with van der Waals surface area (Å²) >= 11 is 0. The highest BCUT2D eigenvalue weighted by atomic mass is 16.5. The molecule has 0 radical (unpaired) electrons. The molecule has 0 heterocycles. The standard InChI is InChI=1S/C12H17NO2/c1-3-9(2)8-15-12(14)10-5-4-6-11(13)7-10/h4-7,9H,3,8,13H2,1-2H3. The van der Waals surface area contributed by atoms with E-state index < -0.39 is 0 Å². The van der Waals surface area contributed by atoms with Crippen LogP contribution in [0.1, 0.15) is 30.6 Å². The van der Waals surface area contributed by atoms with Crippen LogP contribution in [0.3, 0.4) is 0 Å². The summed E-state index contributed by atoms with van der Waals surface area (Å²) in [7, 11) is 0. The fourth-order valence-electron chi connectivity index (χ4n) is 1.08. The van der Waals surface area contributed by atoms with Crippen LogP contribution in [0.4, 0.5) is 5.69 Å². The Morgan fingerprint density at radius 3 is 2.87 bits per heavy atom. The van der Waals surface area contributed by atoms with Gasteiger partial charge in [-0.1, -0.05) is 26.3 Å². The Labute approximate surface area is 90.2 Å². The number of benzene rings is 1. The topological polar surface area (TPSA) is 52.3 Å². The summed E-state index contributed by atoms with van der Waals surface area (Å²) in [5.41, 5.74) is 6.66. The van der Waals surface area contributed by atoms with Gasteiger partial charge in [-0.3, -0.25) is 0 Å². The van der Waals surface area contributed by atoms with Gasteiger partial charge >= 0.3 is 5.97 Å². The molecule has 0 bridgehead atoms. The van der Waals surface area contributed by atoms with Crippen LogP contribution in [0.2, 0.25) is 0 Å². The molecule has 0 aliphatic carbocycles. The molecular formula is C12H17NO2. The summed E-state index contributed by atoms with van der Waals surface area (Å²) in [5.74, 6) is 0.0950. The molecule has 1 unspecified atom stereocenters. The van der Waals surface area contributed by atoms with Gasteiger partial charge in [-0.2, -0.15) is 0 Å². The van der Waals surface area contributed by atoms with Crippen molar-refractivity contribution in [1.29, 1.82) is 0 Å². The molecule has 0 saturated heterocycles. The van der Waals surface area contributed by atoms with Crippen LogP contribution in [-0.2, 0) is 4.74 Å². The normalized spacial score (nSPS) is 12.1. The minimum Gasteiger partial charge on any atom is -0.462 e. The molecule has 0 aromatic heterocycles. The van der Waals surface area contributed by atoms with E-state index in [1.54, 1.807) is 24.3 Å². The Hall–Kier alpha value is -1.51. The third-order valence-corrected chi connectivity index (χ3v) is 2.32. The summed E-state index contributed by atoms with van der Waals surface area (Å²) in [6.07, 6.45) is 1.00. The monoisotopic (exact) mass is 207 g/mol. The largest absolute Gasteiger partial charge is 0.462 e. The first-order chi connectivity index (χ1) is 7.13. The van der Waals surface area contributed by atoms with Crippen molar-refractivity contribution in [2.75, 3.05) is 12.3 Å². The first-order valence-electron chi connectivity index (χ1n) is 5.16. The Morgan fingerprint density at radius 2 is 2.27 bits per heavy atom. The maximum atomic E-state index is 11.5. The van der Waals surface area contributed by atoms with Crippen LogP contribution in [0.5, 0.6) is 0 Å². The van der Waals surface area contributed by atoms with Crippen LogP contribution in [0, 0.1) is 5.92 Å². The smallest absolute Gasteiger partial charge is 0.338 e. The lowest BCUT2D eigenvalue weighted by Crippen LogP contribution is -2.11. The molecule has 15 heavy (non-hydrogen) atoms. The van der Waals surface area contributed by atoms with Gasteiger partial charge in [0.05, 0.1) is 12.2 Å². The second kappa shape index (κ2) is 5.39. The van der Waals surface area contributed by atoms with E-state index in [1.165, 1.54) is 0 Å². The van der Waals surface area contributed by atoms with Gasteiger partial charge in [-0.05, 0) is 24.1 Å². The lowest BCUT2D eigenvalue weighted by Gasteiger charge is -2.09. The average molecular weight is 207 g/mol. The first-order valence-corrected chi connectivity index (χ1v) is 5.16. The molecular weight excluding hydrogens is 190 g/mol. The van der Waals surface area contributed by atoms with E-state index >= 15 is 0 Å². The van der Waals surface area contributed by atoms with E-state index in [-0.39, 0.29) is 5.97 Å². The minimum absolute atomic E-state index is 0.303. The van der Waals surface area contributed by atoms with E-state index in [1.807, 2.05) is 6.92 Å². The molecule has 0 amide bonds. The third-order valence-electron chi connectivity index (χ3n) is 2.32. The maximum Gasteiger partial charge on any atom is 0.338 e. The predicted molar refractivity (Wildman–Crippen MR) is 60.6 cm³/mol. The van der Waals surface area contributed by atoms with Gasteiger partial charge in [-0.15, -0.1) is 0 Å². The van der Waals surface area contributed by atoms with Crippen molar-refractivity contribution in [3.63, 3.8) is 0 Å². The van der Waals surface area contributed by atoms with Gasteiger partial charge in [0.15, 0.2) is 0 Å². The molecule has 1 aromatic rings. The first kappa shape index (κ1) is 11.6. The lowest BCUT2D eigenvalue weighted by atomic mass is 10.1.